The minimum atomic E-state index is -0.756. The van der Waals surface area contributed by atoms with Crippen molar-refractivity contribution in [1.82, 2.24) is 5.32 Å². The van der Waals surface area contributed by atoms with Gasteiger partial charge in [-0.3, -0.25) is 9.59 Å². The second-order valence-corrected chi connectivity index (χ2v) is 4.94. The first-order valence-corrected chi connectivity index (χ1v) is 6.71. The average Bonchev–Trinajstić information content (AvgIpc) is 3.22. The van der Waals surface area contributed by atoms with E-state index >= 15 is 0 Å². The van der Waals surface area contributed by atoms with Crippen LogP contribution in [0.4, 0.5) is 0 Å². The fourth-order valence-corrected chi connectivity index (χ4v) is 1.79. The van der Waals surface area contributed by atoms with E-state index in [4.69, 9.17) is 9.47 Å². The topological polar surface area (TPSA) is 64.6 Å². The Morgan fingerprint density at radius 3 is 2.80 bits per heavy atom. The first-order valence-electron chi connectivity index (χ1n) is 6.71. The normalized spacial score (nSPS) is 15.3. The number of methoxy groups -OCH3 is 1. The van der Waals surface area contributed by atoms with Gasteiger partial charge in [0.2, 0.25) is 0 Å². The Kier molecular flexibility index (Phi) is 4.61. The largest absolute Gasteiger partial charge is 0.497 e. The molecule has 5 heteroatoms. The molecule has 1 aromatic carbocycles. The lowest BCUT2D eigenvalue weighted by atomic mass is 10.1. The van der Waals surface area contributed by atoms with Gasteiger partial charge in [-0.1, -0.05) is 12.1 Å². The van der Waals surface area contributed by atoms with E-state index < -0.39 is 12.1 Å². The molecule has 1 aliphatic rings. The van der Waals surface area contributed by atoms with Crippen molar-refractivity contribution in [3.8, 4) is 5.75 Å². The van der Waals surface area contributed by atoms with Gasteiger partial charge in [0, 0.05) is 6.04 Å². The van der Waals surface area contributed by atoms with Crippen LogP contribution in [0, 0.1) is 0 Å². The summed E-state index contributed by atoms with van der Waals surface area (Å²) in [5, 5.41) is 2.80. The molecule has 0 saturated heterocycles. The summed E-state index contributed by atoms with van der Waals surface area (Å²) in [5.74, 6) is 0.0398. The number of hydrogen-bond donors (Lipinski definition) is 1. The summed E-state index contributed by atoms with van der Waals surface area (Å²) in [5.41, 5.74) is 0.796. The first kappa shape index (κ1) is 14.4. The number of carbonyl (C=O) groups is 2. The third-order valence-corrected chi connectivity index (χ3v) is 3.08. The maximum atomic E-state index is 11.8. The van der Waals surface area contributed by atoms with Gasteiger partial charge >= 0.3 is 5.97 Å². The molecule has 108 valence electrons. The molecule has 0 radical (unpaired) electrons. The number of nitrogens with one attached hydrogen (secondary N) is 1. The van der Waals surface area contributed by atoms with E-state index in [1.807, 2.05) is 12.1 Å². The number of carbonyl (C=O) groups excluding carboxylic acids is 2. The number of amides is 1. The van der Waals surface area contributed by atoms with Crippen molar-refractivity contribution >= 4 is 11.9 Å². The molecular formula is C15H19NO4. The molecule has 0 bridgehead atoms. The molecule has 1 atom stereocenters. The fraction of sp³-hybridized carbons (Fsp3) is 0.467. The van der Waals surface area contributed by atoms with Gasteiger partial charge in [-0.05, 0) is 37.5 Å². The fourth-order valence-electron chi connectivity index (χ4n) is 1.79. The highest BCUT2D eigenvalue weighted by molar-refractivity contribution is 5.84. The zero-order valence-electron chi connectivity index (χ0n) is 11.7. The molecule has 0 heterocycles. The van der Waals surface area contributed by atoms with Crippen LogP contribution in [0.15, 0.2) is 24.3 Å². The summed E-state index contributed by atoms with van der Waals surface area (Å²) in [6.07, 6.45) is 1.39. The molecule has 2 rings (SSSR count). The summed E-state index contributed by atoms with van der Waals surface area (Å²) in [7, 11) is 1.57. The smallest absolute Gasteiger partial charge is 0.311 e. The van der Waals surface area contributed by atoms with E-state index in [9.17, 15) is 9.59 Å². The molecule has 0 aromatic heterocycles. The molecule has 0 aliphatic heterocycles. The summed E-state index contributed by atoms with van der Waals surface area (Å²) < 4.78 is 10.2. The van der Waals surface area contributed by atoms with E-state index in [1.54, 1.807) is 26.2 Å². The number of esters is 1. The summed E-state index contributed by atoms with van der Waals surface area (Å²) >= 11 is 0. The van der Waals surface area contributed by atoms with Gasteiger partial charge in [-0.15, -0.1) is 0 Å². The molecule has 1 saturated carbocycles. The van der Waals surface area contributed by atoms with E-state index in [0.29, 0.717) is 5.75 Å². The standard InChI is InChI=1S/C15H19NO4/c1-10(15(18)16-12-6-7-12)20-14(17)9-11-4-3-5-13(8-11)19-2/h3-5,8,10,12H,6-7,9H2,1-2H3,(H,16,18)/t10-/m0/s1. The van der Waals surface area contributed by atoms with Crippen LogP contribution < -0.4 is 10.1 Å². The quantitative estimate of drug-likeness (QED) is 0.799. The van der Waals surface area contributed by atoms with Crippen LogP contribution >= 0.6 is 0 Å². The lowest BCUT2D eigenvalue weighted by Crippen LogP contribution is -2.37. The molecule has 1 aromatic rings. The Hall–Kier alpha value is -2.04. The van der Waals surface area contributed by atoms with Gasteiger partial charge in [0.25, 0.3) is 5.91 Å². The van der Waals surface area contributed by atoms with Gasteiger partial charge < -0.3 is 14.8 Å². The highest BCUT2D eigenvalue weighted by Gasteiger charge is 2.27. The molecule has 5 nitrogen and oxygen atoms in total. The van der Waals surface area contributed by atoms with Crippen LogP contribution in [0.3, 0.4) is 0 Å². The summed E-state index contributed by atoms with van der Waals surface area (Å²) in [6.45, 7) is 1.58. The second kappa shape index (κ2) is 6.41. The minimum absolute atomic E-state index is 0.123. The van der Waals surface area contributed by atoms with Crippen LogP contribution in [-0.2, 0) is 20.7 Å². The number of benzene rings is 1. The third-order valence-electron chi connectivity index (χ3n) is 3.08. The Morgan fingerprint density at radius 1 is 1.40 bits per heavy atom. The zero-order valence-corrected chi connectivity index (χ0v) is 11.7. The first-order chi connectivity index (χ1) is 9.58. The van der Waals surface area contributed by atoms with E-state index in [2.05, 4.69) is 5.32 Å². The van der Waals surface area contributed by atoms with Crippen LogP contribution in [0.5, 0.6) is 5.75 Å². The van der Waals surface area contributed by atoms with Crippen LogP contribution in [0.1, 0.15) is 25.3 Å². The van der Waals surface area contributed by atoms with Gasteiger partial charge in [0.15, 0.2) is 6.10 Å². The Morgan fingerprint density at radius 2 is 2.15 bits per heavy atom. The lowest BCUT2D eigenvalue weighted by Gasteiger charge is -2.13. The monoisotopic (exact) mass is 277 g/mol. The number of hydrogen-bond acceptors (Lipinski definition) is 4. The molecule has 1 fully saturated rings. The lowest BCUT2D eigenvalue weighted by molar-refractivity contribution is -0.154. The SMILES string of the molecule is COc1cccc(CC(=O)O[C@@H](C)C(=O)NC2CC2)c1. The highest BCUT2D eigenvalue weighted by atomic mass is 16.5. The Labute approximate surface area is 118 Å². The minimum Gasteiger partial charge on any atom is -0.497 e. The molecule has 0 spiro atoms. The Balaban J connectivity index is 1.82. The molecular weight excluding hydrogens is 258 g/mol. The maximum absolute atomic E-state index is 11.8. The van der Waals surface area contributed by atoms with E-state index in [0.717, 1.165) is 18.4 Å². The van der Waals surface area contributed by atoms with Crippen LogP contribution in [0.25, 0.3) is 0 Å². The average molecular weight is 277 g/mol. The maximum Gasteiger partial charge on any atom is 0.311 e. The summed E-state index contributed by atoms with van der Waals surface area (Å²) in [6, 6.07) is 7.47. The molecule has 1 N–H and O–H groups in total. The van der Waals surface area contributed by atoms with Crippen LogP contribution in [0.2, 0.25) is 0 Å². The predicted molar refractivity (Wildman–Crippen MR) is 73.4 cm³/mol. The van der Waals surface area contributed by atoms with E-state index in [-0.39, 0.29) is 18.4 Å². The molecule has 1 aliphatic carbocycles. The highest BCUT2D eigenvalue weighted by Crippen LogP contribution is 2.19. The number of rotatable bonds is 6. The van der Waals surface area contributed by atoms with Crippen molar-refractivity contribution in [2.45, 2.75) is 38.3 Å². The van der Waals surface area contributed by atoms with Gasteiger partial charge in [0.05, 0.1) is 13.5 Å². The molecule has 0 unspecified atom stereocenters. The van der Waals surface area contributed by atoms with Crippen molar-refractivity contribution in [1.29, 1.82) is 0 Å². The van der Waals surface area contributed by atoms with Crippen LogP contribution in [-0.4, -0.2) is 31.1 Å². The van der Waals surface area contributed by atoms with Crippen molar-refractivity contribution in [3.05, 3.63) is 29.8 Å². The third kappa shape index (κ3) is 4.26. The van der Waals surface area contributed by atoms with Crippen molar-refractivity contribution in [2.24, 2.45) is 0 Å². The van der Waals surface area contributed by atoms with Gasteiger partial charge in [-0.25, -0.2) is 0 Å². The van der Waals surface area contributed by atoms with Crippen molar-refractivity contribution in [3.63, 3.8) is 0 Å². The summed E-state index contributed by atoms with van der Waals surface area (Å²) in [4.78, 5) is 23.5. The Bertz CT molecular complexity index is 496. The van der Waals surface area contributed by atoms with E-state index in [1.165, 1.54) is 0 Å². The predicted octanol–water partition coefficient (Wildman–Crippen LogP) is 1.45. The second-order valence-electron chi connectivity index (χ2n) is 4.94. The number of ether oxygens (including phenoxy) is 2. The zero-order chi connectivity index (χ0) is 14.5. The van der Waals surface area contributed by atoms with Crippen molar-refractivity contribution in [2.75, 3.05) is 7.11 Å². The van der Waals surface area contributed by atoms with Gasteiger partial charge in [0.1, 0.15) is 5.75 Å². The molecule has 20 heavy (non-hydrogen) atoms. The molecule has 1 amide bonds. The van der Waals surface area contributed by atoms with Crippen molar-refractivity contribution < 1.29 is 19.1 Å². The van der Waals surface area contributed by atoms with Gasteiger partial charge in [-0.2, -0.15) is 0 Å².